The van der Waals surface area contributed by atoms with Crippen molar-refractivity contribution in [1.82, 2.24) is 4.90 Å². The van der Waals surface area contributed by atoms with Crippen LogP contribution in [0.3, 0.4) is 0 Å². The molecule has 0 atom stereocenters. The molecule has 0 bridgehead atoms. The van der Waals surface area contributed by atoms with Gasteiger partial charge < -0.3 is 14.4 Å². The minimum absolute atomic E-state index is 0.128. The van der Waals surface area contributed by atoms with Crippen molar-refractivity contribution in [1.29, 1.82) is 0 Å². The highest BCUT2D eigenvalue weighted by Crippen LogP contribution is 2.19. The summed E-state index contributed by atoms with van der Waals surface area (Å²) in [6.07, 6.45) is 1.07. The Morgan fingerprint density at radius 1 is 1.19 bits per heavy atom. The van der Waals surface area contributed by atoms with Crippen LogP contribution in [0.1, 0.15) is 47.5 Å². The first-order valence-corrected chi connectivity index (χ1v) is 7.37. The number of piperidine rings is 1. The van der Waals surface area contributed by atoms with Crippen molar-refractivity contribution in [3.05, 3.63) is 0 Å². The summed E-state index contributed by atoms with van der Waals surface area (Å²) in [6, 6.07) is 0. The van der Waals surface area contributed by atoms with Gasteiger partial charge in [0, 0.05) is 24.9 Å². The molecule has 5 heteroatoms. The van der Waals surface area contributed by atoms with Crippen molar-refractivity contribution in [2.24, 2.45) is 5.92 Å². The Morgan fingerprint density at radius 3 is 2.24 bits per heavy atom. The van der Waals surface area contributed by atoms with E-state index in [2.05, 4.69) is 11.8 Å². The van der Waals surface area contributed by atoms with Crippen LogP contribution in [0.2, 0.25) is 0 Å². The second-order valence-electron chi connectivity index (χ2n) is 6.47. The number of amides is 1. The molecule has 21 heavy (non-hydrogen) atoms. The highest BCUT2D eigenvalue weighted by atomic mass is 16.6. The Balaban J connectivity index is 2.41. The normalized spacial score (nSPS) is 16.2. The summed E-state index contributed by atoms with van der Waals surface area (Å²) in [7, 11) is 0. The molecule has 0 unspecified atom stereocenters. The maximum Gasteiger partial charge on any atom is 0.410 e. The van der Waals surface area contributed by atoms with Crippen molar-refractivity contribution in [3.8, 4) is 11.8 Å². The molecule has 0 saturated carbocycles. The van der Waals surface area contributed by atoms with Gasteiger partial charge in [-0.25, -0.2) is 9.59 Å². The summed E-state index contributed by atoms with van der Waals surface area (Å²) in [5.41, 5.74) is -0.478. The van der Waals surface area contributed by atoms with Crippen molar-refractivity contribution < 1.29 is 19.1 Å². The van der Waals surface area contributed by atoms with E-state index in [-0.39, 0.29) is 18.1 Å². The van der Waals surface area contributed by atoms with E-state index in [0.717, 1.165) is 12.8 Å². The maximum absolute atomic E-state index is 11.9. The van der Waals surface area contributed by atoms with E-state index in [9.17, 15) is 9.59 Å². The molecule has 1 aliphatic heterocycles. The molecule has 1 amide bonds. The van der Waals surface area contributed by atoms with Gasteiger partial charge >= 0.3 is 12.1 Å². The molecule has 1 fully saturated rings. The van der Waals surface area contributed by atoms with Crippen LogP contribution >= 0.6 is 0 Å². The van der Waals surface area contributed by atoms with Crippen molar-refractivity contribution in [2.75, 3.05) is 13.1 Å². The first-order valence-electron chi connectivity index (χ1n) is 7.37. The summed E-state index contributed by atoms with van der Waals surface area (Å²) in [5, 5.41) is 0. The molecule has 1 aliphatic rings. The van der Waals surface area contributed by atoms with Crippen molar-refractivity contribution >= 4 is 12.1 Å². The van der Waals surface area contributed by atoms with E-state index in [1.165, 1.54) is 0 Å². The van der Waals surface area contributed by atoms with Gasteiger partial charge in [-0.2, -0.15) is 0 Å². The zero-order valence-electron chi connectivity index (χ0n) is 13.6. The van der Waals surface area contributed by atoms with Gasteiger partial charge in [-0.3, -0.25) is 0 Å². The predicted molar refractivity (Wildman–Crippen MR) is 79.5 cm³/mol. The quantitative estimate of drug-likeness (QED) is 0.424. The van der Waals surface area contributed by atoms with Crippen molar-refractivity contribution in [3.63, 3.8) is 0 Å². The number of nitrogens with zero attached hydrogens (tertiary/aromatic N) is 1. The van der Waals surface area contributed by atoms with Gasteiger partial charge in [0.15, 0.2) is 0 Å². The third-order valence-electron chi connectivity index (χ3n) is 2.87. The van der Waals surface area contributed by atoms with Crippen LogP contribution in [-0.2, 0) is 14.3 Å². The van der Waals surface area contributed by atoms with E-state index < -0.39 is 11.6 Å². The Morgan fingerprint density at radius 2 is 1.76 bits per heavy atom. The average molecular weight is 295 g/mol. The number of ether oxygens (including phenoxy) is 2. The van der Waals surface area contributed by atoms with E-state index in [1.54, 1.807) is 18.7 Å². The SMILES string of the molecule is CC(C)OC(=O)C#CC1CCN(C(=O)OC(C)(C)C)CC1. The van der Waals surface area contributed by atoms with Crippen LogP contribution in [0.4, 0.5) is 4.79 Å². The molecule has 0 spiro atoms. The maximum atomic E-state index is 11.9. The molecule has 118 valence electrons. The lowest BCUT2D eigenvalue weighted by Gasteiger charge is -2.31. The minimum Gasteiger partial charge on any atom is -0.453 e. The number of carbonyl (C=O) groups is 2. The molecule has 0 radical (unpaired) electrons. The summed E-state index contributed by atoms with van der Waals surface area (Å²) < 4.78 is 10.3. The predicted octanol–water partition coefficient (Wildman–Crippen LogP) is 2.59. The lowest BCUT2D eigenvalue weighted by Crippen LogP contribution is -2.41. The highest BCUT2D eigenvalue weighted by Gasteiger charge is 2.26. The molecule has 0 aliphatic carbocycles. The van der Waals surface area contributed by atoms with Crippen LogP contribution in [-0.4, -0.2) is 41.8 Å². The number of carbonyl (C=O) groups excluding carboxylic acids is 2. The smallest absolute Gasteiger partial charge is 0.410 e. The van der Waals surface area contributed by atoms with Crippen LogP contribution in [0, 0.1) is 17.8 Å². The Hall–Kier alpha value is -1.70. The molecule has 5 nitrogen and oxygen atoms in total. The molecule has 0 aromatic heterocycles. The third kappa shape index (κ3) is 7.03. The fourth-order valence-corrected chi connectivity index (χ4v) is 1.94. The first-order chi connectivity index (χ1) is 9.67. The zero-order valence-corrected chi connectivity index (χ0v) is 13.6. The zero-order chi connectivity index (χ0) is 16.0. The Kier molecular flexibility index (Phi) is 6.07. The fourth-order valence-electron chi connectivity index (χ4n) is 1.94. The van der Waals surface area contributed by atoms with E-state index >= 15 is 0 Å². The topological polar surface area (TPSA) is 55.8 Å². The van der Waals surface area contributed by atoms with Crippen LogP contribution in [0.15, 0.2) is 0 Å². The number of esters is 1. The molecule has 1 saturated heterocycles. The second-order valence-corrected chi connectivity index (χ2v) is 6.47. The molecular weight excluding hydrogens is 270 g/mol. The van der Waals surface area contributed by atoms with E-state index in [1.807, 2.05) is 20.8 Å². The van der Waals surface area contributed by atoms with Crippen LogP contribution < -0.4 is 0 Å². The van der Waals surface area contributed by atoms with Gasteiger partial charge in [0.2, 0.25) is 0 Å². The number of hydrogen-bond donors (Lipinski definition) is 0. The van der Waals surface area contributed by atoms with Gasteiger partial charge in [0.25, 0.3) is 0 Å². The Labute approximate surface area is 127 Å². The summed E-state index contributed by atoms with van der Waals surface area (Å²) in [5.74, 6) is 5.09. The molecule has 0 aromatic carbocycles. The molecule has 0 aromatic rings. The minimum atomic E-state index is -0.487. The second kappa shape index (κ2) is 7.35. The fraction of sp³-hybridized carbons (Fsp3) is 0.750. The largest absolute Gasteiger partial charge is 0.453 e. The molecule has 1 rings (SSSR count). The standard InChI is InChI=1S/C16H25NO4/c1-12(2)20-14(18)7-6-13-8-10-17(11-9-13)15(19)21-16(3,4)5/h12-13H,8-11H2,1-5H3. The lowest BCUT2D eigenvalue weighted by molar-refractivity contribution is -0.140. The van der Waals surface area contributed by atoms with Gasteiger partial charge in [0.1, 0.15) is 5.60 Å². The first kappa shape index (κ1) is 17.4. The Bertz CT molecular complexity index is 431. The van der Waals surface area contributed by atoms with E-state index in [0.29, 0.717) is 13.1 Å². The molecule has 1 heterocycles. The van der Waals surface area contributed by atoms with Gasteiger partial charge in [0.05, 0.1) is 6.10 Å². The molecular formula is C16H25NO4. The van der Waals surface area contributed by atoms with Gasteiger partial charge in [-0.05, 0) is 47.5 Å². The average Bonchev–Trinajstić information content (AvgIpc) is 2.34. The van der Waals surface area contributed by atoms with Crippen LogP contribution in [0.25, 0.3) is 0 Å². The van der Waals surface area contributed by atoms with E-state index in [4.69, 9.17) is 9.47 Å². The van der Waals surface area contributed by atoms with Gasteiger partial charge in [-0.15, -0.1) is 0 Å². The number of rotatable bonds is 1. The highest BCUT2D eigenvalue weighted by molar-refractivity contribution is 5.88. The number of hydrogen-bond acceptors (Lipinski definition) is 4. The lowest BCUT2D eigenvalue weighted by atomic mass is 9.98. The summed E-state index contributed by atoms with van der Waals surface area (Å²) >= 11 is 0. The number of likely N-dealkylation sites (tertiary alicyclic amines) is 1. The van der Waals surface area contributed by atoms with Gasteiger partial charge in [-0.1, -0.05) is 5.92 Å². The third-order valence-corrected chi connectivity index (χ3v) is 2.87. The molecule has 0 N–H and O–H groups in total. The van der Waals surface area contributed by atoms with Crippen molar-refractivity contribution in [2.45, 2.75) is 59.2 Å². The summed E-state index contributed by atoms with van der Waals surface area (Å²) in [4.78, 5) is 24.9. The summed E-state index contributed by atoms with van der Waals surface area (Å²) in [6.45, 7) is 10.3. The van der Waals surface area contributed by atoms with Crippen LogP contribution in [0.5, 0.6) is 0 Å². The monoisotopic (exact) mass is 295 g/mol.